The molecular weight excluding hydrogens is 206 g/mol. The summed E-state index contributed by atoms with van der Waals surface area (Å²) in [6.45, 7) is 4.60. The highest BCUT2D eigenvalue weighted by atomic mass is 16.3. The highest BCUT2D eigenvalue weighted by Gasteiger charge is 2.23. The summed E-state index contributed by atoms with van der Waals surface area (Å²) in [5.74, 6) is -0.195. The van der Waals surface area contributed by atoms with Gasteiger partial charge in [-0.2, -0.15) is 0 Å². The Morgan fingerprint density at radius 2 is 2.25 bits per heavy atom. The van der Waals surface area contributed by atoms with Gasteiger partial charge in [-0.15, -0.1) is 0 Å². The van der Waals surface area contributed by atoms with Gasteiger partial charge in [-0.3, -0.25) is 9.78 Å². The summed E-state index contributed by atoms with van der Waals surface area (Å²) in [7, 11) is 0. The van der Waals surface area contributed by atoms with Crippen LogP contribution in [-0.4, -0.2) is 22.5 Å². The van der Waals surface area contributed by atoms with E-state index in [0.717, 1.165) is 5.69 Å². The number of aromatic nitrogens is 1. The second-order valence-corrected chi connectivity index (χ2v) is 4.36. The van der Waals surface area contributed by atoms with Crippen molar-refractivity contribution in [3.05, 3.63) is 24.0 Å². The summed E-state index contributed by atoms with van der Waals surface area (Å²) in [5, 5.41) is 12.1. The Bertz CT molecular complexity index is 360. The van der Waals surface area contributed by atoms with E-state index in [1.54, 1.807) is 26.0 Å². The van der Waals surface area contributed by atoms with Gasteiger partial charge in [0, 0.05) is 13.1 Å². The first kappa shape index (κ1) is 12.4. The molecule has 1 aromatic heterocycles. The van der Waals surface area contributed by atoms with E-state index in [0.29, 0.717) is 13.1 Å². The fourth-order valence-corrected chi connectivity index (χ4v) is 1.11. The first-order valence-electron chi connectivity index (χ1n) is 5.06. The molecule has 1 heterocycles. The normalized spacial score (nSPS) is 11.4. The molecule has 0 aliphatic carbocycles. The maximum Gasteiger partial charge on any atom is 0.224 e. The maximum absolute atomic E-state index is 11.0. The van der Waals surface area contributed by atoms with Crippen LogP contribution >= 0.6 is 0 Å². The van der Waals surface area contributed by atoms with Gasteiger partial charge in [0.15, 0.2) is 0 Å². The van der Waals surface area contributed by atoms with E-state index in [9.17, 15) is 4.79 Å². The largest absolute Gasteiger partial charge is 0.506 e. The number of rotatable bonds is 5. The fourth-order valence-electron chi connectivity index (χ4n) is 1.11. The molecule has 0 spiro atoms. The van der Waals surface area contributed by atoms with Gasteiger partial charge < -0.3 is 16.2 Å². The van der Waals surface area contributed by atoms with Crippen LogP contribution in [-0.2, 0) is 11.3 Å². The van der Waals surface area contributed by atoms with E-state index in [1.165, 1.54) is 6.20 Å². The van der Waals surface area contributed by atoms with Crippen molar-refractivity contribution in [3.8, 4) is 5.75 Å². The van der Waals surface area contributed by atoms with Crippen molar-refractivity contribution in [1.29, 1.82) is 0 Å². The molecule has 0 radical (unpaired) electrons. The summed E-state index contributed by atoms with van der Waals surface area (Å²) in [6, 6.07) is 3.29. The van der Waals surface area contributed by atoms with Gasteiger partial charge in [0.1, 0.15) is 5.75 Å². The molecule has 0 unspecified atom stereocenters. The van der Waals surface area contributed by atoms with Crippen molar-refractivity contribution in [3.63, 3.8) is 0 Å². The van der Waals surface area contributed by atoms with Gasteiger partial charge in [-0.1, -0.05) is 0 Å². The average molecular weight is 223 g/mol. The third-order valence-corrected chi connectivity index (χ3v) is 2.35. The molecule has 0 bridgehead atoms. The Morgan fingerprint density at radius 1 is 1.56 bits per heavy atom. The second kappa shape index (κ2) is 4.94. The third kappa shape index (κ3) is 3.51. The van der Waals surface area contributed by atoms with Crippen molar-refractivity contribution < 1.29 is 9.90 Å². The molecule has 0 fully saturated rings. The number of hydrogen-bond donors (Lipinski definition) is 3. The molecule has 0 atom stereocenters. The number of hydrogen-bond acceptors (Lipinski definition) is 4. The van der Waals surface area contributed by atoms with E-state index in [1.807, 2.05) is 0 Å². The molecule has 88 valence electrons. The number of pyridine rings is 1. The van der Waals surface area contributed by atoms with Crippen LogP contribution in [0.3, 0.4) is 0 Å². The highest BCUT2D eigenvalue weighted by molar-refractivity contribution is 5.80. The Kier molecular flexibility index (Phi) is 3.84. The molecule has 0 aliphatic heterocycles. The molecular formula is C11H17N3O2. The first-order valence-corrected chi connectivity index (χ1v) is 5.06. The molecule has 0 aromatic carbocycles. The summed E-state index contributed by atoms with van der Waals surface area (Å²) >= 11 is 0. The average Bonchev–Trinajstić information content (AvgIpc) is 2.20. The monoisotopic (exact) mass is 223 g/mol. The minimum Gasteiger partial charge on any atom is -0.506 e. The number of nitrogens with one attached hydrogen (secondary N) is 1. The van der Waals surface area contributed by atoms with Crippen LogP contribution in [0.15, 0.2) is 18.3 Å². The fraction of sp³-hybridized carbons (Fsp3) is 0.455. The minimum absolute atomic E-state index is 0.140. The maximum atomic E-state index is 11.0. The Morgan fingerprint density at radius 3 is 2.75 bits per heavy atom. The van der Waals surface area contributed by atoms with E-state index in [2.05, 4.69) is 10.3 Å². The van der Waals surface area contributed by atoms with Gasteiger partial charge in [0.05, 0.1) is 17.3 Å². The molecule has 0 saturated carbocycles. The van der Waals surface area contributed by atoms with Crippen LogP contribution in [0.2, 0.25) is 0 Å². The summed E-state index contributed by atoms with van der Waals surface area (Å²) in [6.07, 6.45) is 1.39. The summed E-state index contributed by atoms with van der Waals surface area (Å²) in [5.41, 5.74) is 5.47. The Balaban J connectivity index is 2.41. The van der Waals surface area contributed by atoms with Crippen molar-refractivity contribution in [2.75, 3.05) is 6.54 Å². The standard InChI is InChI=1S/C11H17N3O2/c1-11(2,10(12)16)7-13-5-8-3-4-9(15)6-14-8/h3-4,6,13,15H,5,7H2,1-2H3,(H2,12,16). The molecule has 1 amide bonds. The van der Waals surface area contributed by atoms with Crippen molar-refractivity contribution in [2.45, 2.75) is 20.4 Å². The topological polar surface area (TPSA) is 88.2 Å². The van der Waals surface area contributed by atoms with Crippen molar-refractivity contribution in [1.82, 2.24) is 10.3 Å². The molecule has 4 N–H and O–H groups in total. The molecule has 16 heavy (non-hydrogen) atoms. The van der Waals surface area contributed by atoms with Crippen molar-refractivity contribution >= 4 is 5.91 Å². The Labute approximate surface area is 94.7 Å². The number of aromatic hydroxyl groups is 1. The molecule has 1 rings (SSSR count). The van der Waals surface area contributed by atoms with E-state index >= 15 is 0 Å². The predicted octanol–water partition coefficient (Wildman–Crippen LogP) is 0.388. The smallest absolute Gasteiger partial charge is 0.224 e. The zero-order valence-electron chi connectivity index (χ0n) is 9.53. The number of nitrogens with two attached hydrogens (primary N) is 1. The minimum atomic E-state index is -0.573. The zero-order valence-corrected chi connectivity index (χ0v) is 9.53. The van der Waals surface area contributed by atoms with Gasteiger partial charge >= 0.3 is 0 Å². The van der Waals surface area contributed by atoms with Gasteiger partial charge in [0.2, 0.25) is 5.91 Å². The molecule has 0 saturated heterocycles. The van der Waals surface area contributed by atoms with Crippen LogP contribution in [0, 0.1) is 5.41 Å². The van der Waals surface area contributed by atoms with Crippen LogP contribution in [0.4, 0.5) is 0 Å². The van der Waals surface area contributed by atoms with Gasteiger partial charge in [-0.05, 0) is 26.0 Å². The number of amides is 1. The van der Waals surface area contributed by atoms with Gasteiger partial charge in [-0.25, -0.2) is 0 Å². The van der Waals surface area contributed by atoms with E-state index in [-0.39, 0.29) is 11.7 Å². The number of nitrogens with zero attached hydrogens (tertiary/aromatic N) is 1. The Hall–Kier alpha value is -1.62. The molecule has 0 aliphatic rings. The van der Waals surface area contributed by atoms with Crippen LogP contribution < -0.4 is 11.1 Å². The second-order valence-electron chi connectivity index (χ2n) is 4.36. The SMILES string of the molecule is CC(C)(CNCc1ccc(O)cn1)C(N)=O. The van der Waals surface area contributed by atoms with E-state index in [4.69, 9.17) is 10.8 Å². The van der Waals surface area contributed by atoms with Crippen LogP contribution in [0.1, 0.15) is 19.5 Å². The van der Waals surface area contributed by atoms with E-state index < -0.39 is 5.41 Å². The molecule has 5 heteroatoms. The summed E-state index contributed by atoms with van der Waals surface area (Å²) in [4.78, 5) is 15.1. The highest BCUT2D eigenvalue weighted by Crippen LogP contribution is 2.12. The van der Waals surface area contributed by atoms with Crippen molar-refractivity contribution in [2.24, 2.45) is 11.1 Å². The predicted molar refractivity (Wildman–Crippen MR) is 60.6 cm³/mol. The lowest BCUT2D eigenvalue weighted by atomic mass is 9.93. The molecule has 1 aromatic rings. The first-order chi connectivity index (χ1) is 7.42. The molecule has 5 nitrogen and oxygen atoms in total. The third-order valence-electron chi connectivity index (χ3n) is 2.35. The van der Waals surface area contributed by atoms with Gasteiger partial charge in [0.25, 0.3) is 0 Å². The number of primary amides is 1. The number of carbonyl (C=O) groups is 1. The lowest BCUT2D eigenvalue weighted by Crippen LogP contribution is -2.40. The lowest BCUT2D eigenvalue weighted by Gasteiger charge is -2.20. The number of carbonyl (C=O) groups excluding carboxylic acids is 1. The quantitative estimate of drug-likeness (QED) is 0.673. The summed E-state index contributed by atoms with van der Waals surface area (Å²) < 4.78 is 0. The lowest BCUT2D eigenvalue weighted by molar-refractivity contribution is -0.125. The van der Waals surface area contributed by atoms with Crippen LogP contribution in [0.5, 0.6) is 5.75 Å². The zero-order chi connectivity index (χ0) is 12.2. The van der Waals surface area contributed by atoms with Crippen LogP contribution in [0.25, 0.3) is 0 Å².